The van der Waals surface area contributed by atoms with E-state index in [9.17, 15) is 14.0 Å². The number of aromatic nitrogens is 1. The number of benzene rings is 1. The van der Waals surface area contributed by atoms with Gasteiger partial charge in [0.05, 0.1) is 19.3 Å². The van der Waals surface area contributed by atoms with E-state index < -0.39 is 8.41 Å². The molecule has 30 heavy (non-hydrogen) atoms. The van der Waals surface area contributed by atoms with Crippen LogP contribution in [0.15, 0.2) is 47.4 Å². The first-order valence-corrected chi connectivity index (χ1v) is 13.5. The maximum Gasteiger partial charge on any atom is 0.297 e. The van der Waals surface area contributed by atoms with Gasteiger partial charge in [-0.05, 0) is 68.1 Å². The van der Waals surface area contributed by atoms with Gasteiger partial charge in [0.15, 0.2) is 5.75 Å². The topological polar surface area (TPSA) is 60.7 Å². The summed E-state index contributed by atoms with van der Waals surface area (Å²) in [5, 5.41) is 9.37. The van der Waals surface area contributed by atoms with Gasteiger partial charge in [-0.1, -0.05) is 19.1 Å². The molecule has 1 N–H and O–H groups in total. The molecule has 0 bridgehead atoms. The third kappa shape index (κ3) is 4.85. The van der Waals surface area contributed by atoms with Crippen LogP contribution in [0.4, 0.5) is 4.11 Å². The number of ether oxygens (including phenoxy) is 2. The first kappa shape index (κ1) is 22.7. The van der Waals surface area contributed by atoms with Gasteiger partial charge in [0.25, 0.3) is 5.56 Å². The number of aliphatic hydroxyl groups is 1. The molecule has 2 aromatic rings. The fourth-order valence-electron chi connectivity index (χ4n) is 4.78. The zero-order valence-electron chi connectivity index (χ0n) is 18.2. The van der Waals surface area contributed by atoms with Crippen LogP contribution in [0, 0.1) is 5.92 Å². The molecular formula is C23H32FNO4Si. The van der Waals surface area contributed by atoms with Gasteiger partial charge < -0.3 is 18.7 Å². The minimum atomic E-state index is -2.89. The van der Waals surface area contributed by atoms with E-state index in [2.05, 4.69) is 6.92 Å². The predicted molar refractivity (Wildman–Crippen MR) is 119 cm³/mol. The van der Waals surface area contributed by atoms with Crippen LogP contribution in [0.2, 0.25) is 18.6 Å². The largest absolute Gasteiger partial charge is 0.491 e. The zero-order valence-corrected chi connectivity index (χ0v) is 19.2. The van der Waals surface area contributed by atoms with Crippen molar-refractivity contribution in [3.05, 3.63) is 58.5 Å². The summed E-state index contributed by atoms with van der Waals surface area (Å²) in [6, 6.07) is 11.3. The van der Waals surface area contributed by atoms with Gasteiger partial charge in [-0.3, -0.25) is 9.36 Å². The lowest BCUT2D eigenvalue weighted by atomic mass is 9.95. The number of hydrogen-bond acceptors (Lipinski definition) is 4. The van der Waals surface area contributed by atoms with Gasteiger partial charge in [-0.2, -0.15) is 0 Å². The highest BCUT2D eigenvalue weighted by atomic mass is 28.4. The van der Waals surface area contributed by atoms with E-state index in [0.29, 0.717) is 12.2 Å². The summed E-state index contributed by atoms with van der Waals surface area (Å²) in [6.45, 7) is 5.56. The average Bonchev–Trinajstić information content (AvgIpc) is 3.02. The highest BCUT2D eigenvalue weighted by Crippen LogP contribution is 2.46. The molecule has 7 heteroatoms. The van der Waals surface area contributed by atoms with Crippen molar-refractivity contribution in [3.8, 4) is 11.4 Å². The fourth-order valence-corrected chi connectivity index (χ4v) is 7.37. The van der Waals surface area contributed by atoms with Crippen molar-refractivity contribution in [3.63, 3.8) is 0 Å². The number of aliphatic hydroxyl groups excluding tert-OH is 1. The number of pyridine rings is 1. The summed E-state index contributed by atoms with van der Waals surface area (Å²) in [7, 11) is -1.41. The van der Waals surface area contributed by atoms with Gasteiger partial charge in [0, 0.05) is 24.0 Å². The van der Waals surface area contributed by atoms with E-state index >= 15 is 0 Å². The molecule has 1 aromatic carbocycles. The summed E-state index contributed by atoms with van der Waals surface area (Å²) in [5.41, 5.74) is 1.58. The van der Waals surface area contributed by atoms with Crippen LogP contribution in [0.1, 0.15) is 25.3 Å². The van der Waals surface area contributed by atoms with Gasteiger partial charge >= 0.3 is 0 Å². The van der Waals surface area contributed by atoms with Gasteiger partial charge in [0.1, 0.15) is 0 Å². The molecule has 1 aliphatic heterocycles. The molecule has 0 radical (unpaired) electrons. The molecule has 1 saturated heterocycles. The lowest BCUT2D eigenvalue weighted by Crippen LogP contribution is -2.36. The molecular weight excluding hydrogens is 401 g/mol. The number of nitrogens with zero attached hydrogens (tertiary/aromatic N) is 1. The van der Waals surface area contributed by atoms with Crippen molar-refractivity contribution in [2.24, 2.45) is 5.92 Å². The third-order valence-electron chi connectivity index (χ3n) is 6.15. The molecule has 5 nitrogen and oxygen atoms in total. The second kappa shape index (κ2) is 9.45. The maximum atomic E-state index is 14.9. The van der Waals surface area contributed by atoms with Crippen molar-refractivity contribution in [1.29, 1.82) is 0 Å². The van der Waals surface area contributed by atoms with E-state index in [0.717, 1.165) is 24.1 Å². The summed E-state index contributed by atoms with van der Waals surface area (Å²) in [4.78, 5) is 12.5. The number of hydrogen-bond donors (Lipinski definition) is 1. The Bertz CT molecular complexity index is 911. The number of halogens is 1. The Balaban J connectivity index is 1.74. The molecule has 0 saturated carbocycles. The molecule has 2 heterocycles. The number of rotatable bonds is 8. The molecule has 1 aliphatic rings. The summed E-state index contributed by atoms with van der Waals surface area (Å²) in [5.74, 6) is 0.424. The molecule has 1 fully saturated rings. The average molecular weight is 434 g/mol. The summed E-state index contributed by atoms with van der Waals surface area (Å²) < 4.78 is 27.8. The van der Waals surface area contributed by atoms with Crippen LogP contribution in [-0.4, -0.2) is 44.0 Å². The van der Waals surface area contributed by atoms with E-state index in [1.165, 1.54) is 7.11 Å². The standard InChI is InChI=1S/C23H32FNO4Si/c1-16-19(29-20(12-14-26)22(16)30(3,4)24)11-10-17-7-5-8-18(15-17)25-13-6-9-21(28-2)23(25)27/h5-9,13,15-16,19-20,22,26H,10-12,14H2,1-4H3/t16-,19+,20-,22+/m0/s1. The van der Waals surface area contributed by atoms with Crippen molar-refractivity contribution in [2.45, 2.75) is 57.0 Å². The first-order valence-electron chi connectivity index (χ1n) is 10.6. The van der Waals surface area contributed by atoms with Crippen LogP contribution < -0.4 is 10.3 Å². The Kier molecular flexibility index (Phi) is 7.16. The summed E-state index contributed by atoms with van der Waals surface area (Å²) in [6.07, 6.45) is 3.53. The Labute approximate surface area is 178 Å². The van der Waals surface area contributed by atoms with E-state index in [4.69, 9.17) is 9.47 Å². The molecule has 3 rings (SSSR count). The van der Waals surface area contributed by atoms with Gasteiger partial charge in [-0.25, -0.2) is 0 Å². The zero-order chi connectivity index (χ0) is 21.9. The van der Waals surface area contributed by atoms with E-state index in [-0.39, 0.29) is 35.8 Å². The lowest BCUT2D eigenvalue weighted by Gasteiger charge is -2.28. The second-order valence-electron chi connectivity index (χ2n) is 8.63. The molecule has 0 spiro atoms. The van der Waals surface area contributed by atoms with E-state index in [1.54, 1.807) is 36.0 Å². The van der Waals surface area contributed by atoms with Crippen LogP contribution >= 0.6 is 0 Å². The monoisotopic (exact) mass is 433 g/mol. The third-order valence-corrected chi connectivity index (χ3v) is 8.63. The molecule has 0 unspecified atom stereocenters. The van der Waals surface area contributed by atoms with Crippen LogP contribution in [0.5, 0.6) is 5.75 Å². The first-order chi connectivity index (χ1) is 14.3. The van der Waals surface area contributed by atoms with Crippen molar-refractivity contribution in [2.75, 3.05) is 13.7 Å². The Morgan fingerprint density at radius 1 is 1.20 bits per heavy atom. The molecule has 0 aliphatic carbocycles. The maximum absolute atomic E-state index is 14.9. The van der Waals surface area contributed by atoms with Crippen molar-refractivity contribution >= 4 is 8.41 Å². The van der Waals surface area contributed by atoms with Crippen LogP contribution in [0.3, 0.4) is 0 Å². The SMILES string of the molecule is COc1cccn(-c2cccc(CC[C@H]3O[C@@H](CCO)[C@H]([Si](C)(C)F)[C@H]3C)c2)c1=O. The number of aryl methyl sites for hydroxylation is 1. The smallest absolute Gasteiger partial charge is 0.297 e. The Hall–Kier alpha value is -1.96. The van der Waals surface area contributed by atoms with Crippen molar-refractivity contribution < 1.29 is 18.7 Å². The quantitative estimate of drug-likeness (QED) is 0.503. The van der Waals surface area contributed by atoms with Crippen molar-refractivity contribution in [1.82, 2.24) is 4.57 Å². The van der Waals surface area contributed by atoms with Crippen LogP contribution in [-0.2, 0) is 11.2 Å². The highest BCUT2D eigenvalue weighted by molar-refractivity contribution is 6.72. The minimum Gasteiger partial charge on any atom is -0.491 e. The van der Waals surface area contributed by atoms with E-state index in [1.807, 2.05) is 24.3 Å². The molecule has 164 valence electrons. The highest BCUT2D eigenvalue weighted by Gasteiger charge is 2.50. The second-order valence-corrected chi connectivity index (χ2v) is 12.4. The van der Waals surface area contributed by atoms with Gasteiger partial charge in [0.2, 0.25) is 8.41 Å². The summed E-state index contributed by atoms with van der Waals surface area (Å²) >= 11 is 0. The Morgan fingerprint density at radius 3 is 2.63 bits per heavy atom. The fraction of sp³-hybridized carbons (Fsp3) is 0.522. The molecule has 0 amide bonds. The van der Waals surface area contributed by atoms with Crippen LogP contribution in [0.25, 0.3) is 5.69 Å². The molecule has 4 atom stereocenters. The normalized spacial score (nSPS) is 24.2. The molecule has 1 aromatic heterocycles. The van der Waals surface area contributed by atoms with Gasteiger partial charge in [-0.15, -0.1) is 0 Å². The predicted octanol–water partition coefficient (Wildman–Crippen LogP) is 4.11. The number of methoxy groups -OCH3 is 1. The minimum absolute atomic E-state index is 0.0163. The lowest BCUT2D eigenvalue weighted by molar-refractivity contribution is 0.0193. The Morgan fingerprint density at radius 2 is 1.97 bits per heavy atom.